The van der Waals surface area contributed by atoms with Crippen LogP contribution in [-0.2, 0) is 16.0 Å². The smallest absolute Gasteiger partial charge is 0.313 e. The van der Waals surface area contributed by atoms with E-state index in [2.05, 4.69) is 0 Å². The van der Waals surface area contributed by atoms with Crippen LogP contribution in [0.25, 0.3) is 0 Å². The zero-order chi connectivity index (χ0) is 15.4. The van der Waals surface area contributed by atoms with Gasteiger partial charge in [0.1, 0.15) is 0 Å². The Morgan fingerprint density at radius 1 is 1.00 bits per heavy atom. The van der Waals surface area contributed by atoms with Crippen molar-refractivity contribution in [3.05, 3.63) is 68.7 Å². The highest BCUT2D eigenvalue weighted by Gasteiger charge is 2.25. The van der Waals surface area contributed by atoms with Gasteiger partial charge in [0.25, 0.3) is 0 Å². The number of carbonyl (C=O) groups excluding carboxylic acids is 1. The number of hydrogen-bond donors (Lipinski definition) is 0. The molecule has 0 spiro atoms. The van der Waals surface area contributed by atoms with Crippen LogP contribution in [0, 0.1) is 0 Å². The molecule has 0 bridgehead atoms. The highest BCUT2D eigenvalue weighted by atomic mass is 35.5. The largest absolute Gasteiger partial charge is 0.469 e. The Balaban J connectivity index is 2.43. The molecular weight excluding hydrogens is 331 g/mol. The molecule has 21 heavy (non-hydrogen) atoms. The second-order valence-corrected chi connectivity index (χ2v) is 5.72. The van der Waals surface area contributed by atoms with Crippen molar-refractivity contribution in [2.75, 3.05) is 7.11 Å². The average molecular weight is 344 g/mol. The van der Waals surface area contributed by atoms with E-state index in [-0.39, 0.29) is 5.97 Å². The molecule has 0 aliphatic rings. The Morgan fingerprint density at radius 2 is 1.57 bits per heavy atom. The van der Waals surface area contributed by atoms with Crippen molar-refractivity contribution in [3.63, 3.8) is 0 Å². The lowest BCUT2D eigenvalue weighted by molar-refractivity contribution is -0.142. The van der Waals surface area contributed by atoms with Crippen LogP contribution in [-0.4, -0.2) is 13.1 Å². The molecule has 0 aromatic heterocycles. The molecule has 0 heterocycles. The standard InChI is InChI=1S/C16H13Cl3O2/c1-21-16(20)11(10-5-2-3-6-13(10)17)9-12-14(18)7-4-8-15(12)19/h2-8,11H,9H2,1H3/t11-/m0/s1. The van der Waals surface area contributed by atoms with E-state index in [0.717, 1.165) is 0 Å². The highest BCUT2D eigenvalue weighted by Crippen LogP contribution is 2.33. The van der Waals surface area contributed by atoms with Gasteiger partial charge in [-0.25, -0.2) is 0 Å². The summed E-state index contributed by atoms with van der Waals surface area (Å²) < 4.78 is 4.89. The number of benzene rings is 2. The Hall–Kier alpha value is -1.22. The van der Waals surface area contributed by atoms with Gasteiger partial charge in [-0.15, -0.1) is 0 Å². The van der Waals surface area contributed by atoms with Crippen molar-refractivity contribution in [2.24, 2.45) is 0 Å². The molecule has 0 aliphatic carbocycles. The van der Waals surface area contributed by atoms with Crippen LogP contribution in [0.4, 0.5) is 0 Å². The first kappa shape index (κ1) is 16.2. The van der Waals surface area contributed by atoms with E-state index in [1.165, 1.54) is 7.11 Å². The molecule has 2 nitrogen and oxygen atoms in total. The molecule has 2 aromatic carbocycles. The Bertz CT molecular complexity index is 635. The van der Waals surface area contributed by atoms with Crippen molar-refractivity contribution in [1.82, 2.24) is 0 Å². The number of rotatable bonds is 4. The van der Waals surface area contributed by atoms with Crippen molar-refractivity contribution in [3.8, 4) is 0 Å². The Morgan fingerprint density at radius 3 is 2.14 bits per heavy atom. The lowest BCUT2D eigenvalue weighted by Gasteiger charge is -2.18. The van der Waals surface area contributed by atoms with Crippen LogP contribution < -0.4 is 0 Å². The fraction of sp³-hybridized carbons (Fsp3) is 0.188. The summed E-state index contributed by atoms with van der Waals surface area (Å²) in [6.45, 7) is 0. The number of halogens is 3. The van der Waals surface area contributed by atoms with Gasteiger partial charge in [-0.3, -0.25) is 4.79 Å². The van der Waals surface area contributed by atoms with Crippen LogP contribution in [0.5, 0.6) is 0 Å². The molecule has 2 aromatic rings. The molecular formula is C16H13Cl3O2. The summed E-state index contributed by atoms with van der Waals surface area (Å²) in [5.74, 6) is -0.930. The van der Waals surface area contributed by atoms with Gasteiger partial charge in [0, 0.05) is 15.1 Å². The first-order chi connectivity index (χ1) is 10.0. The first-order valence-corrected chi connectivity index (χ1v) is 7.43. The Kier molecular flexibility index (Phi) is 5.51. The van der Waals surface area contributed by atoms with E-state index in [4.69, 9.17) is 39.5 Å². The molecule has 0 radical (unpaired) electrons. The fourth-order valence-corrected chi connectivity index (χ4v) is 2.97. The maximum absolute atomic E-state index is 12.1. The van der Waals surface area contributed by atoms with Crippen LogP contribution in [0.1, 0.15) is 17.0 Å². The normalized spacial score (nSPS) is 12.0. The summed E-state index contributed by atoms with van der Waals surface area (Å²) >= 11 is 18.6. The molecule has 0 aliphatic heterocycles. The summed E-state index contributed by atoms with van der Waals surface area (Å²) in [5.41, 5.74) is 1.40. The van der Waals surface area contributed by atoms with Gasteiger partial charge >= 0.3 is 5.97 Å². The van der Waals surface area contributed by atoms with Crippen LogP contribution in [0.15, 0.2) is 42.5 Å². The fourth-order valence-electron chi connectivity index (χ4n) is 2.15. The lowest BCUT2D eigenvalue weighted by atomic mass is 9.92. The molecule has 0 fully saturated rings. The van der Waals surface area contributed by atoms with Gasteiger partial charge in [-0.1, -0.05) is 59.1 Å². The maximum Gasteiger partial charge on any atom is 0.313 e. The lowest BCUT2D eigenvalue weighted by Crippen LogP contribution is -2.17. The topological polar surface area (TPSA) is 26.3 Å². The second-order valence-electron chi connectivity index (χ2n) is 4.50. The first-order valence-electron chi connectivity index (χ1n) is 6.29. The van der Waals surface area contributed by atoms with Gasteiger partial charge in [-0.05, 0) is 35.7 Å². The predicted molar refractivity (Wildman–Crippen MR) is 86.4 cm³/mol. The Labute approximate surface area is 138 Å². The van der Waals surface area contributed by atoms with E-state index in [0.29, 0.717) is 32.6 Å². The van der Waals surface area contributed by atoms with E-state index in [9.17, 15) is 4.79 Å². The summed E-state index contributed by atoms with van der Waals surface area (Å²) in [6.07, 6.45) is 0.328. The number of ether oxygens (including phenoxy) is 1. The van der Waals surface area contributed by atoms with Crippen molar-refractivity contribution in [1.29, 1.82) is 0 Å². The predicted octanol–water partition coefficient (Wildman–Crippen LogP) is 5.15. The highest BCUT2D eigenvalue weighted by molar-refractivity contribution is 6.36. The van der Waals surface area contributed by atoms with Gasteiger partial charge in [0.2, 0.25) is 0 Å². The summed E-state index contributed by atoms with van der Waals surface area (Å²) in [7, 11) is 1.35. The molecule has 0 saturated carbocycles. The minimum absolute atomic E-state index is 0.328. The average Bonchev–Trinajstić information content (AvgIpc) is 2.47. The summed E-state index contributed by atoms with van der Waals surface area (Å²) in [5, 5.41) is 1.54. The molecule has 0 saturated heterocycles. The quantitative estimate of drug-likeness (QED) is 0.718. The van der Waals surface area contributed by atoms with Crippen LogP contribution >= 0.6 is 34.8 Å². The van der Waals surface area contributed by atoms with Crippen molar-refractivity contribution in [2.45, 2.75) is 12.3 Å². The SMILES string of the molecule is COC(=O)[C@@H](Cc1c(Cl)cccc1Cl)c1ccccc1Cl. The van der Waals surface area contributed by atoms with Crippen LogP contribution in [0.3, 0.4) is 0 Å². The summed E-state index contributed by atoms with van der Waals surface area (Å²) in [4.78, 5) is 12.1. The minimum Gasteiger partial charge on any atom is -0.469 e. The molecule has 0 amide bonds. The number of carbonyl (C=O) groups is 1. The van der Waals surface area contributed by atoms with E-state index in [1.54, 1.807) is 30.3 Å². The van der Waals surface area contributed by atoms with Crippen molar-refractivity contribution < 1.29 is 9.53 Å². The number of methoxy groups -OCH3 is 1. The molecule has 0 unspecified atom stereocenters. The third-order valence-electron chi connectivity index (χ3n) is 3.24. The van der Waals surface area contributed by atoms with Gasteiger partial charge in [-0.2, -0.15) is 0 Å². The monoisotopic (exact) mass is 342 g/mol. The minimum atomic E-state index is -0.555. The van der Waals surface area contributed by atoms with Gasteiger partial charge in [0.05, 0.1) is 13.0 Å². The zero-order valence-corrected chi connectivity index (χ0v) is 13.5. The third-order valence-corrected chi connectivity index (χ3v) is 4.29. The van der Waals surface area contributed by atoms with E-state index in [1.807, 2.05) is 12.1 Å². The third kappa shape index (κ3) is 3.70. The van der Waals surface area contributed by atoms with Crippen molar-refractivity contribution >= 4 is 40.8 Å². The zero-order valence-electron chi connectivity index (χ0n) is 11.3. The molecule has 5 heteroatoms. The maximum atomic E-state index is 12.1. The molecule has 110 valence electrons. The number of hydrogen-bond acceptors (Lipinski definition) is 2. The number of esters is 1. The van der Waals surface area contributed by atoms with Gasteiger partial charge in [0.15, 0.2) is 0 Å². The van der Waals surface area contributed by atoms with E-state index < -0.39 is 5.92 Å². The summed E-state index contributed by atoms with van der Waals surface area (Å²) in [6, 6.07) is 12.4. The van der Waals surface area contributed by atoms with Crippen LogP contribution in [0.2, 0.25) is 15.1 Å². The molecule has 1 atom stereocenters. The van der Waals surface area contributed by atoms with E-state index >= 15 is 0 Å². The molecule has 2 rings (SSSR count). The molecule has 0 N–H and O–H groups in total. The van der Waals surface area contributed by atoms with Gasteiger partial charge < -0.3 is 4.74 Å². The second kappa shape index (κ2) is 7.17.